The molecule has 0 saturated carbocycles. The van der Waals surface area contributed by atoms with Crippen molar-refractivity contribution in [2.24, 2.45) is 12.0 Å². The van der Waals surface area contributed by atoms with Gasteiger partial charge in [-0.2, -0.15) is 5.10 Å². The minimum Gasteiger partial charge on any atom is -0.372 e. The Morgan fingerprint density at radius 2 is 2.25 bits per heavy atom. The highest BCUT2D eigenvalue weighted by Crippen LogP contribution is 2.21. The van der Waals surface area contributed by atoms with Gasteiger partial charge in [0.2, 0.25) is 0 Å². The largest absolute Gasteiger partial charge is 0.372 e. The summed E-state index contributed by atoms with van der Waals surface area (Å²) in [5.41, 5.74) is 1.70. The first-order chi connectivity index (χ1) is 13.6. The van der Waals surface area contributed by atoms with Crippen molar-refractivity contribution < 1.29 is 9.13 Å². The number of nitrogens with zero attached hydrogens (tertiary/aromatic N) is 5. The number of morpholine rings is 1. The van der Waals surface area contributed by atoms with E-state index in [1.54, 1.807) is 23.9 Å². The van der Waals surface area contributed by atoms with E-state index in [0.29, 0.717) is 12.3 Å². The number of ether oxygens (including phenoxy) is 1. The van der Waals surface area contributed by atoms with E-state index in [4.69, 9.17) is 4.74 Å². The maximum Gasteiger partial charge on any atom is 0.193 e. The first kappa shape index (κ1) is 20.1. The lowest BCUT2D eigenvalue weighted by Gasteiger charge is -2.34. The van der Waals surface area contributed by atoms with E-state index in [0.717, 1.165) is 44.1 Å². The fourth-order valence-electron chi connectivity index (χ4n) is 3.38. The summed E-state index contributed by atoms with van der Waals surface area (Å²) < 4.78 is 21.5. The third-order valence-corrected chi connectivity index (χ3v) is 4.89. The normalized spacial score (nSPS) is 17.6. The van der Waals surface area contributed by atoms with Gasteiger partial charge in [-0.15, -0.1) is 0 Å². The molecule has 2 aromatic rings. The van der Waals surface area contributed by atoms with Crippen LogP contribution in [0.4, 0.5) is 10.1 Å². The van der Waals surface area contributed by atoms with Crippen LogP contribution in [0.15, 0.2) is 41.7 Å². The van der Waals surface area contributed by atoms with Crippen molar-refractivity contribution in [2.75, 3.05) is 51.8 Å². The second-order valence-electron chi connectivity index (χ2n) is 6.95. The van der Waals surface area contributed by atoms with E-state index >= 15 is 0 Å². The van der Waals surface area contributed by atoms with Crippen LogP contribution in [0.5, 0.6) is 0 Å². The van der Waals surface area contributed by atoms with Crippen molar-refractivity contribution in [3.05, 3.63) is 48.0 Å². The third kappa shape index (κ3) is 5.01. The van der Waals surface area contributed by atoms with Gasteiger partial charge in [-0.25, -0.2) is 4.39 Å². The molecule has 1 aliphatic rings. The Morgan fingerprint density at radius 1 is 1.43 bits per heavy atom. The summed E-state index contributed by atoms with van der Waals surface area (Å²) in [7, 11) is 5.61. The molecule has 1 aromatic carbocycles. The summed E-state index contributed by atoms with van der Waals surface area (Å²) in [6.45, 7) is 3.70. The molecule has 0 radical (unpaired) electrons. The number of para-hydroxylation sites is 1. The van der Waals surface area contributed by atoms with Crippen LogP contribution >= 0.6 is 0 Å². The number of halogens is 1. The third-order valence-electron chi connectivity index (χ3n) is 4.89. The lowest BCUT2D eigenvalue weighted by molar-refractivity contribution is -0.00801. The molecule has 152 valence electrons. The number of hydrogen-bond donors (Lipinski definition) is 1. The summed E-state index contributed by atoms with van der Waals surface area (Å²) in [5, 5.41) is 7.65. The van der Waals surface area contributed by atoms with Gasteiger partial charge in [-0.3, -0.25) is 9.67 Å². The number of aryl methyl sites for hydroxylation is 1. The van der Waals surface area contributed by atoms with Crippen molar-refractivity contribution in [2.45, 2.75) is 12.5 Å². The molecule has 28 heavy (non-hydrogen) atoms. The molecule has 1 unspecified atom stereocenters. The molecule has 0 bridgehead atoms. The molecule has 1 aliphatic heterocycles. The smallest absolute Gasteiger partial charge is 0.193 e. The van der Waals surface area contributed by atoms with Crippen LogP contribution in [0.25, 0.3) is 0 Å². The molecule has 1 saturated heterocycles. The number of guanidine groups is 1. The number of aromatic nitrogens is 2. The van der Waals surface area contributed by atoms with Crippen LogP contribution in [0, 0.1) is 5.82 Å². The van der Waals surface area contributed by atoms with Gasteiger partial charge in [-0.1, -0.05) is 12.1 Å². The maximum atomic E-state index is 13.9. The Morgan fingerprint density at radius 3 is 2.96 bits per heavy atom. The van der Waals surface area contributed by atoms with Crippen molar-refractivity contribution >= 4 is 11.6 Å². The summed E-state index contributed by atoms with van der Waals surface area (Å²) in [4.78, 5) is 8.56. The summed E-state index contributed by atoms with van der Waals surface area (Å²) in [6, 6.07) is 6.85. The number of aliphatic imine (C=N–C) groups is 1. The highest BCUT2D eigenvalue weighted by Gasteiger charge is 2.25. The van der Waals surface area contributed by atoms with Crippen LogP contribution in [0.3, 0.4) is 0 Å². The molecule has 7 nitrogen and oxygen atoms in total. The average Bonchev–Trinajstić information content (AvgIpc) is 3.15. The van der Waals surface area contributed by atoms with E-state index in [1.165, 1.54) is 6.07 Å². The Kier molecular flexibility index (Phi) is 6.86. The van der Waals surface area contributed by atoms with Crippen LogP contribution < -0.4 is 10.2 Å². The van der Waals surface area contributed by atoms with E-state index in [2.05, 4.69) is 20.3 Å². The molecule has 2 heterocycles. The van der Waals surface area contributed by atoms with Crippen molar-refractivity contribution in [3.63, 3.8) is 0 Å². The predicted octanol–water partition coefficient (Wildman–Crippen LogP) is 2.03. The highest BCUT2D eigenvalue weighted by atomic mass is 19.1. The van der Waals surface area contributed by atoms with E-state index in [-0.39, 0.29) is 11.9 Å². The fourth-order valence-corrected chi connectivity index (χ4v) is 3.38. The number of hydrogen-bond acceptors (Lipinski definition) is 4. The molecule has 0 spiro atoms. The van der Waals surface area contributed by atoms with Gasteiger partial charge in [0.05, 0.1) is 25.0 Å². The summed E-state index contributed by atoms with van der Waals surface area (Å²) in [5.74, 6) is 0.675. The van der Waals surface area contributed by atoms with E-state index in [9.17, 15) is 4.39 Å². The first-order valence-corrected chi connectivity index (χ1v) is 9.60. The average molecular weight is 388 g/mol. The van der Waals surface area contributed by atoms with Crippen molar-refractivity contribution in [3.8, 4) is 0 Å². The molecule has 1 atom stereocenters. The van der Waals surface area contributed by atoms with Crippen LogP contribution in [0.2, 0.25) is 0 Å². The number of rotatable bonds is 6. The number of benzene rings is 1. The SMILES string of the molecule is CN=C(NCCCN(C)c1ccccc1F)N1CCOC(c2cnn(C)c2)C1. The van der Waals surface area contributed by atoms with Gasteiger partial charge in [0.1, 0.15) is 11.9 Å². The molecular formula is C20H29FN6O. The zero-order chi connectivity index (χ0) is 19.9. The maximum absolute atomic E-state index is 13.9. The number of anilines is 1. The lowest BCUT2D eigenvalue weighted by atomic mass is 10.1. The molecule has 0 aliphatic carbocycles. The monoisotopic (exact) mass is 388 g/mol. The van der Waals surface area contributed by atoms with Crippen molar-refractivity contribution in [1.82, 2.24) is 20.0 Å². The minimum atomic E-state index is -0.191. The number of nitrogens with one attached hydrogen (secondary N) is 1. The van der Waals surface area contributed by atoms with Gasteiger partial charge in [0, 0.05) is 52.5 Å². The van der Waals surface area contributed by atoms with E-state index in [1.807, 2.05) is 37.5 Å². The van der Waals surface area contributed by atoms with Crippen LogP contribution in [0.1, 0.15) is 18.1 Å². The molecule has 1 N–H and O–H groups in total. The Hall–Kier alpha value is -2.61. The Labute approximate surface area is 165 Å². The summed E-state index contributed by atoms with van der Waals surface area (Å²) in [6.07, 6.45) is 4.71. The molecule has 1 fully saturated rings. The summed E-state index contributed by atoms with van der Waals surface area (Å²) >= 11 is 0. The molecular weight excluding hydrogens is 359 g/mol. The lowest BCUT2D eigenvalue weighted by Crippen LogP contribution is -2.48. The van der Waals surface area contributed by atoms with Gasteiger partial charge >= 0.3 is 0 Å². The second-order valence-corrected chi connectivity index (χ2v) is 6.95. The molecule has 3 rings (SSSR count). The van der Waals surface area contributed by atoms with E-state index < -0.39 is 0 Å². The zero-order valence-electron chi connectivity index (χ0n) is 16.8. The van der Waals surface area contributed by atoms with Crippen molar-refractivity contribution in [1.29, 1.82) is 0 Å². The van der Waals surface area contributed by atoms with Gasteiger partial charge in [0.15, 0.2) is 5.96 Å². The fraction of sp³-hybridized carbons (Fsp3) is 0.500. The van der Waals surface area contributed by atoms with Crippen LogP contribution in [-0.2, 0) is 11.8 Å². The predicted molar refractivity (Wildman–Crippen MR) is 109 cm³/mol. The molecule has 0 amide bonds. The Balaban J connectivity index is 1.47. The minimum absolute atomic E-state index is 0.00631. The first-order valence-electron chi connectivity index (χ1n) is 9.60. The van der Waals surface area contributed by atoms with Crippen LogP contribution in [-0.4, -0.2) is 67.5 Å². The highest BCUT2D eigenvalue weighted by molar-refractivity contribution is 5.80. The zero-order valence-corrected chi connectivity index (χ0v) is 16.8. The second kappa shape index (κ2) is 9.54. The van der Waals surface area contributed by atoms with Gasteiger partial charge in [-0.05, 0) is 18.6 Å². The van der Waals surface area contributed by atoms with Gasteiger partial charge < -0.3 is 19.9 Å². The molecule has 1 aromatic heterocycles. The standard InChI is InChI=1S/C20H29FN6O/c1-22-20(23-9-6-10-25(2)18-8-5-4-7-17(18)21)27-11-12-28-19(15-27)16-13-24-26(3)14-16/h4-5,7-8,13-14,19H,6,9-12,15H2,1-3H3,(H,22,23). The Bertz CT molecular complexity index is 793. The molecule has 8 heteroatoms. The van der Waals surface area contributed by atoms with Gasteiger partial charge in [0.25, 0.3) is 0 Å². The quantitative estimate of drug-likeness (QED) is 0.466. The topological polar surface area (TPSA) is 57.9 Å².